The molecule has 7 nitrogen and oxygen atoms in total. The van der Waals surface area contributed by atoms with E-state index < -0.39 is 10.2 Å². The molecule has 0 saturated carbocycles. The molecule has 1 aromatic carbocycles. The predicted octanol–water partition coefficient (Wildman–Crippen LogP) is 0.335. The zero-order valence-electron chi connectivity index (χ0n) is 10.2. The summed E-state index contributed by atoms with van der Waals surface area (Å²) in [5, 5.41) is 4.77. The SMILES string of the molecule is COc1cc(/C=N/S(N)(=O)=O)cc(OC)c1OC. The number of nitrogens with two attached hydrogens (primary N) is 1. The fraction of sp³-hybridized carbons (Fsp3) is 0.300. The molecule has 100 valence electrons. The van der Waals surface area contributed by atoms with E-state index in [1.165, 1.54) is 21.3 Å². The fourth-order valence-electron chi connectivity index (χ4n) is 1.31. The van der Waals surface area contributed by atoms with Crippen molar-refractivity contribution >= 4 is 16.4 Å². The molecule has 18 heavy (non-hydrogen) atoms. The van der Waals surface area contributed by atoms with Crippen LogP contribution in [0.25, 0.3) is 0 Å². The largest absolute Gasteiger partial charge is 0.493 e. The number of methoxy groups -OCH3 is 3. The van der Waals surface area contributed by atoms with Crippen LogP contribution in [0.15, 0.2) is 16.5 Å². The maximum atomic E-state index is 10.7. The summed E-state index contributed by atoms with van der Waals surface area (Å²) in [7, 11) is 0.463. The average Bonchev–Trinajstić information content (AvgIpc) is 2.33. The van der Waals surface area contributed by atoms with E-state index in [0.717, 1.165) is 6.21 Å². The molecule has 0 fully saturated rings. The maximum Gasteiger partial charge on any atom is 0.317 e. The van der Waals surface area contributed by atoms with Gasteiger partial charge in [-0.3, -0.25) is 0 Å². The van der Waals surface area contributed by atoms with E-state index in [2.05, 4.69) is 4.40 Å². The molecule has 0 amide bonds. The Balaban J connectivity index is 3.28. The van der Waals surface area contributed by atoms with Gasteiger partial charge in [-0.05, 0) is 12.1 Å². The van der Waals surface area contributed by atoms with Gasteiger partial charge < -0.3 is 14.2 Å². The first-order chi connectivity index (χ1) is 8.41. The van der Waals surface area contributed by atoms with Gasteiger partial charge in [-0.2, -0.15) is 12.8 Å². The first-order valence-corrected chi connectivity index (χ1v) is 6.29. The molecule has 0 aliphatic heterocycles. The Morgan fingerprint density at radius 2 is 1.61 bits per heavy atom. The van der Waals surface area contributed by atoms with E-state index in [4.69, 9.17) is 19.3 Å². The standard InChI is InChI=1S/C10H14N2O5S/c1-15-8-4-7(6-12-18(11,13)14)5-9(16-2)10(8)17-3/h4-6H,1-3H3,(H2,11,13,14)/b12-6+. The third-order valence-electron chi connectivity index (χ3n) is 2.04. The van der Waals surface area contributed by atoms with Crippen LogP contribution in [0.1, 0.15) is 5.56 Å². The topological polar surface area (TPSA) is 100 Å². The highest BCUT2D eigenvalue weighted by atomic mass is 32.2. The van der Waals surface area contributed by atoms with Crippen LogP contribution >= 0.6 is 0 Å². The van der Waals surface area contributed by atoms with Crippen molar-refractivity contribution in [1.29, 1.82) is 0 Å². The number of hydrogen-bond acceptors (Lipinski definition) is 5. The van der Waals surface area contributed by atoms with Gasteiger partial charge in [0.15, 0.2) is 11.5 Å². The lowest BCUT2D eigenvalue weighted by Gasteiger charge is -2.12. The van der Waals surface area contributed by atoms with Crippen molar-refractivity contribution in [1.82, 2.24) is 0 Å². The molecule has 1 rings (SSSR count). The van der Waals surface area contributed by atoms with Crippen LogP contribution in [-0.2, 0) is 10.2 Å². The van der Waals surface area contributed by atoms with Crippen LogP contribution in [0.5, 0.6) is 17.2 Å². The minimum Gasteiger partial charge on any atom is -0.493 e. The zero-order chi connectivity index (χ0) is 13.8. The number of rotatable bonds is 5. The van der Waals surface area contributed by atoms with Gasteiger partial charge in [0.25, 0.3) is 0 Å². The molecule has 0 spiro atoms. The number of benzene rings is 1. The highest BCUT2D eigenvalue weighted by Crippen LogP contribution is 2.37. The highest BCUT2D eigenvalue weighted by molar-refractivity contribution is 7.87. The van der Waals surface area contributed by atoms with Crippen LogP contribution in [0.4, 0.5) is 0 Å². The van der Waals surface area contributed by atoms with Crippen LogP contribution < -0.4 is 19.3 Å². The molecule has 0 heterocycles. The van der Waals surface area contributed by atoms with Gasteiger partial charge >= 0.3 is 10.2 Å². The van der Waals surface area contributed by atoms with Crippen molar-refractivity contribution in [3.63, 3.8) is 0 Å². The van der Waals surface area contributed by atoms with E-state index in [1.807, 2.05) is 0 Å². The van der Waals surface area contributed by atoms with Crippen molar-refractivity contribution in [3.05, 3.63) is 17.7 Å². The maximum absolute atomic E-state index is 10.7. The Morgan fingerprint density at radius 1 is 1.11 bits per heavy atom. The van der Waals surface area contributed by atoms with E-state index in [1.54, 1.807) is 12.1 Å². The van der Waals surface area contributed by atoms with Crippen molar-refractivity contribution < 1.29 is 22.6 Å². The van der Waals surface area contributed by atoms with Crippen molar-refractivity contribution in [2.75, 3.05) is 21.3 Å². The minimum atomic E-state index is -3.92. The van der Waals surface area contributed by atoms with Gasteiger partial charge in [0.1, 0.15) is 0 Å². The third kappa shape index (κ3) is 3.60. The molecule has 0 unspecified atom stereocenters. The predicted molar refractivity (Wildman–Crippen MR) is 66.8 cm³/mol. The first kappa shape index (κ1) is 14.3. The molecule has 0 saturated heterocycles. The second-order valence-corrected chi connectivity index (χ2v) is 4.45. The van der Waals surface area contributed by atoms with Gasteiger partial charge in [-0.25, -0.2) is 5.14 Å². The van der Waals surface area contributed by atoms with Crippen molar-refractivity contribution in [2.24, 2.45) is 9.54 Å². The number of hydrogen-bond donors (Lipinski definition) is 1. The Kier molecular flexibility index (Phi) is 4.51. The van der Waals surface area contributed by atoms with Crippen molar-refractivity contribution in [2.45, 2.75) is 0 Å². The lowest BCUT2D eigenvalue weighted by Crippen LogP contribution is -2.08. The van der Waals surface area contributed by atoms with E-state index in [9.17, 15) is 8.42 Å². The summed E-state index contributed by atoms with van der Waals surface area (Å²) in [5.41, 5.74) is 0.457. The highest BCUT2D eigenvalue weighted by Gasteiger charge is 2.12. The van der Waals surface area contributed by atoms with Crippen LogP contribution in [0.3, 0.4) is 0 Å². The van der Waals surface area contributed by atoms with E-state index in [-0.39, 0.29) is 0 Å². The van der Waals surface area contributed by atoms with Gasteiger partial charge in [0, 0.05) is 11.8 Å². The summed E-state index contributed by atoms with van der Waals surface area (Å²) >= 11 is 0. The van der Waals surface area contributed by atoms with Crippen LogP contribution in [0, 0.1) is 0 Å². The minimum absolute atomic E-state index is 0.396. The Bertz CT molecular complexity index is 528. The summed E-state index contributed by atoms with van der Waals surface area (Å²) in [6, 6.07) is 3.10. The normalized spacial score (nSPS) is 11.6. The molecule has 0 aromatic heterocycles. The molecule has 0 aliphatic rings. The molecule has 8 heteroatoms. The summed E-state index contributed by atoms with van der Waals surface area (Å²) in [4.78, 5) is 0. The summed E-state index contributed by atoms with van der Waals surface area (Å²) in [6.45, 7) is 0. The quantitative estimate of drug-likeness (QED) is 0.780. The first-order valence-electron chi connectivity index (χ1n) is 4.79. The van der Waals surface area contributed by atoms with Gasteiger partial charge in [-0.15, -0.1) is 0 Å². The monoisotopic (exact) mass is 274 g/mol. The zero-order valence-corrected chi connectivity index (χ0v) is 11.0. The van der Waals surface area contributed by atoms with E-state index in [0.29, 0.717) is 22.8 Å². The molecular weight excluding hydrogens is 260 g/mol. The lowest BCUT2D eigenvalue weighted by molar-refractivity contribution is 0.324. The molecule has 0 bridgehead atoms. The summed E-state index contributed by atoms with van der Waals surface area (Å²) in [6.07, 6.45) is 1.10. The Labute approximate surface area is 105 Å². The van der Waals surface area contributed by atoms with Crippen molar-refractivity contribution in [3.8, 4) is 17.2 Å². The van der Waals surface area contributed by atoms with Crippen LogP contribution in [-0.4, -0.2) is 36.0 Å². The fourth-order valence-corrected chi connectivity index (χ4v) is 1.58. The van der Waals surface area contributed by atoms with Gasteiger partial charge in [0.05, 0.1) is 21.3 Å². The lowest BCUT2D eigenvalue weighted by atomic mass is 10.2. The van der Waals surface area contributed by atoms with Gasteiger partial charge in [0.2, 0.25) is 5.75 Å². The number of nitrogens with zero attached hydrogens (tertiary/aromatic N) is 1. The molecule has 0 aliphatic carbocycles. The Morgan fingerprint density at radius 3 is 1.94 bits per heavy atom. The summed E-state index contributed by atoms with van der Waals surface area (Å²) in [5.74, 6) is 1.20. The molecular formula is C10H14N2O5S. The van der Waals surface area contributed by atoms with Gasteiger partial charge in [-0.1, -0.05) is 0 Å². The molecule has 0 atom stereocenters. The smallest absolute Gasteiger partial charge is 0.317 e. The van der Waals surface area contributed by atoms with Crippen LogP contribution in [0.2, 0.25) is 0 Å². The van der Waals surface area contributed by atoms with E-state index >= 15 is 0 Å². The summed E-state index contributed by atoms with van der Waals surface area (Å²) < 4.78 is 40.0. The molecule has 0 radical (unpaired) electrons. The second-order valence-electron chi connectivity index (χ2n) is 3.21. The molecule has 1 aromatic rings. The number of ether oxygens (including phenoxy) is 3. The third-order valence-corrected chi connectivity index (χ3v) is 2.44. The molecule has 2 N–H and O–H groups in total. The Hall–Kier alpha value is -1.80. The average molecular weight is 274 g/mol. The second kappa shape index (κ2) is 5.69.